The van der Waals surface area contributed by atoms with Crippen LogP contribution >= 0.6 is 0 Å². The summed E-state index contributed by atoms with van der Waals surface area (Å²) in [5, 5.41) is 2.63. The Morgan fingerprint density at radius 1 is 1.12 bits per heavy atom. The van der Waals surface area contributed by atoms with E-state index in [2.05, 4.69) is 15.3 Å². The minimum atomic E-state index is -4.60. The van der Waals surface area contributed by atoms with Gasteiger partial charge in [-0.2, -0.15) is 13.2 Å². The molecule has 0 aliphatic heterocycles. The summed E-state index contributed by atoms with van der Waals surface area (Å²) in [5.41, 5.74) is -0.813. The molecule has 0 aliphatic rings. The van der Waals surface area contributed by atoms with Gasteiger partial charge in [-0.25, -0.2) is 8.78 Å². The average Bonchev–Trinajstić information content (AvgIpc) is 2.89. The summed E-state index contributed by atoms with van der Waals surface area (Å²) < 4.78 is 63.8. The highest BCUT2D eigenvalue weighted by atomic mass is 19.4. The lowest BCUT2D eigenvalue weighted by molar-refractivity contribution is -0.141. The van der Waals surface area contributed by atoms with E-state index < -0.39 is 29.4 Å². The van der Waals surface area contributed by atoms with Gasteiger partial charge >= 0.3 is 6.18 Å². The highest BCUT2D eigenvalue weighted by Gasteiger charge is 2.32. The number of hydrogen-bond acceptors (Lipinski definition) is 2. The summed E-state index contributed by atoms with van der Waals surface area (Å²) in [7, 11) is 0. The lowest BCUT2D eigenvalue weighted by Gasteiger charge is -2.07. The van der Waals surface area contributed by atoms with E-state index in [1.165, 1.54) is 6.20 Å². The zero-order chi connectivity index (χ0) is 17.5. The quantitative estimate of drug-likeness (QED) is 0.689. The summed E-state index contributed by atoms with van der Waals surface area (Å²) in [6.07, 6.45) is -2.50. The number of nitrogens with one attached hydrogen (secondary N) is 2. The maximum atomic E-state index is 13.3. The molecule has 4 nitrogen and oxygen atoms in total. The van der Waals surface area contributed by atoms with Crippen LogP contribution in [0.2, 0.25) is 0 Å². The van der Waals surface area contributed by atoms with Crippen molar-refractivity contribution in [2.24, 2.45) is 0 Å². The van der Waals surface area contributed by atoms with Crippen LogP contribution in [0.3, 0.4) is 0 Å². The molecule has 9 heteroatoms. The number of rotatable bonds is 2. The van der Waals surface area contributed by atoms with E-state index in [0.717, 1.165) is 24.4 Å². The van der Waals surface area contributed by atoms with E-state index in [1.807, 2.05) is 0 Å². The summed E-state index contributed by atoms with van der Waals surface area (Å²) in [6.45, 7) is 0. The number of aromatic amines is 1. The normalized spacial score (nSPS) is 11.7. The van der Waals surface area contributed by atoms with Gasteiger partial charge in [-0.1, -0.05) is 0 Å². The number of H-pyrrole nitrogens is 1. The van der Waals surface area contributed by atoms with Crippen molar-refractivity contribution >= 4 is 22.5 Å². The molecule has 0 spiro atoms. The summed E-state index contributed by atoms with van der Waals surface area (Å²) in [6, 6.07) is 3.49. The number of hydrogen-bond donors (Lipinski definition) is 2. The fraction of sp³-hybridized carbons (Fsp3) is 0.0667. The first-order valence-electron chi connectivity index (χ1n) is 6.56. The fourth-order valence-electron chi connectivity index (χ4n) is 2.11. The molecule has 24 heavy (non-hydrogen) atoms. The second kappa shape index (κ2) is 5.59. The molecule has 1 aromatic carbocycles. The molecular weight excluding hydrogens is 333 g/mol. The molecule has 2 aromatic heterocycles. The largest absolute Gasteiger partial charge is 0.433 e. The molecule has 0 saturated carbocycles. The molecule has 2 heterocycles. The van der Waals surface area contributed by atoms with Crippen LogP contribution in [0, 0.1) is 11.6 Å². The van der Waals surface area contributed by atoms with Crippen LogP contribution in [0.5, 0.6) is 0 Å². The van der Waals surface area contributed by atoms with Gasteiger partial charge in [0.25, 0.3) is 5.91 Å². The SMILES string of the molecule is O=C(Nc1c[nH]c2cc(F)c(F)cc12)c1ccc(C(F)(F)F)nc1. The van der Waals surface area contributed by atoms with Crippen molar-refractivity contribution < 1.29 is 26.7 Å². The predicted octanol–water partition coefficient (Wildman–Crippen LogP) is 4.11. The topological polar surface area (TPSA) is 57.8 Å². The molecule has 2 N–H and O–H groups in total. The third-order valence-corrected chi connectivity index (χ3v) is 3.29. The van der Waals surface area contributed by atoms with Crippen molar-refractivity contribution in [3.05, 3.63) is 59.6 Å². The molecular formula is C15H8F5N3O. The lowest BCUT2D eigenvalue weighted by atomic mass is 10.2. The minimum Gasteiger partial charge on any atom is -0.359 e. The number of alkyl halides is 3. The van der Waals surface area contributed by atoms with Crippen LogP contribution < -0.4 is 5.32 Å². The molecule has 0 saturated heterocycles. The van der Waals surface area contributed by atoms with Crippen molar-refractivity contribution in [2.75, 3.05) is 5.32 Å². The predicted molar refractivity (Wildman–Crippen MR) is 75.4 cm³/mol. The highest BCUT2D eigenvalue weighted by molar-refractivity contribution is 6.08. The second-order valence-corrected chi connectivity index (χ2v) is 4.90. The molecule has 0 aliphatic carbocycles. The molecule has 0 atom stereocenters. The number of fused-ring (bicyclic) bond motifs is 1. The Labute approximate surface area is 131 Å². The van der Waals surface area contributed by atoms with Crippen LogP contribution in [-0.4, -0.2) is 15.9 Å². The average molecular weight is 341 g/mol. The van der Waals surface area contributed by atoms with Gasteiger partial charge in [-0.05, 0) is 18.2 Å². The number of aromatic nitrogens is 2. The van der Waals surface area contributed by atoms with Crippen molar-refractivity contribution in [2.45, 2.75) is 6.18 Å². The van der Waals surface area contributed by atoms with E-state index in [4.69, 9.17) is 0 Å². The molecule has 0 fully saturated rings. The van der Waals surface area contributed by atoms with E-state index >= 15 is 0 Å². The van der Waals surface area contributed by atoms with Crippen molar-refractivity contribution in [1.29, 1.82) is 0 Å². The van der Waals surface area contributed by atoms with Crippen molar-refractivity contribution in [3.63, 3.8) is 0 Å². The van der Waals surface area contributed by atoms with Crippen molar-refractivity contribution in [3.8, 4) is 0 Å². The maximum Gasteiger partial charge on any atom is 0.433 e. The van der Waals surface area contributed by atoms with Crippen molar-refractivity contribution in [1.82, 2.24) is 9.97 Å². The zero-order valence-corrected chi connectivity index (χ0v) is 11.7. The standard InChI is InChI=1S/C15H8F5N3O/c16-9-3-8-11(4-10(9)17)21-6-12(8)23-14(24)7-1-2-13(22-5-7)15(18,19)20/h1-6,21H,(H,23,24). The van der Waals surface area contributed by atoms with Gasteiger partial charge in [0.15, 0.2) is 11.6 Å². The van der Waals surface area contributed by atoms with Crippen LogP contribution in [0.4, 0.5) is 27.6 Å². The van der Waals surface area contributed by atoms with Crippen LogP contribution in [-0.2, 0) is 6.18 Å². The number of benzene rings is 1. The van der Waals surface area contributed by atoms with E-state index in [1.54, 1.807) is 0 Å². The number of anilines is 1. The minimum absolute atomic E-state index is 0.111. The highest BCUT2D eigenvalue weighted by Crippen LogP contribution is 2.28. The first kappa shape index (κ1) is 15.9. The molecule has 3 aromatic rings. The van der Waals surface area contributed by atoms with Gasteiger partial charge in [0.2, 0.25) is 0 Å². The van der Waals surface area contributed by atoms with Crippen LogP contribution in [0.15, 0.2) is 36.7 Å². The van der Waals surface area contributed by atoms with E-state index in [9.17, 15) is 26.7 Å². The molecule has 1 amide bonds. The Morgan fingerprint density at radius 3 is 2.46 bits per heavy atom. The second-order valence-electron chi connectivity index (χ2n) is 4.90. The zero-order valence-electron chi connectivity index (χ0n) is 11.7. The van der Waals surface area contributed by atoms with E-state index in [-0.39, 0.29) is 22.2 Å². The van der Waals surface area contributed by atoms with Crippen LogP contribution in [0.1, 0.15) is 16.1 Å². The summed E-state index contributed by atoms with van der Waals surface area (Å²) in [5.74, 6) is -2.87. The first-order chi connectivity index (χ1) is 11.3. The number of carbonyl (C=O) groups is 1. The van der Waals surface area contributed by atoms with Gasteiger partial charge in [0.1, 0.15) is 5.69 Å². The van der Waals surface area contributed by atoms with Gasteiger partial charge in [0.05, 0.1) is 16.8 Å². The Morgan fingerprint density at radius 2 is 1.83 bits per heavy atom. The Kier molecular flexibility index (Phi) is 3.70. The molecule has 3 rings (SSSR count). The Bertz CT molecular complexity index is 915. The Balaban J connectivity index is 1.86. The van der Waals surface area contributed by atoms with Gasteiger partial charge < -0.3 is 10.3 Å². The first-order valence-corrected chi connectivity index (χ1v) is 6.56. The monoisotopic (exact) mass is 341 g/mol. The smallest absolute Gasteiger partial charge is 0.359 e. The number of amides is 1. The maximum absolute atomic E-state index is 13.3. The van der Waals surface area contributed by atoms with E-state index in [0.29, 0.717) is 6.07 Å². The van der Waals surface area contributed by atoms with Gasteiger partial charge in [-0.3, -0.25) is 9.78 Å². The van der Waals surface area contributed by atoms with Gasteiger partial charge in [-0.15, -0.1) is 0 Å². The summed E-state index contributed by atoms with van der Waals surface area (Å²) >= 11 is 0. The number of carbonyl (C=O) groups excluding carboxylic acids is 1. The third-order valence-electron chi connectivity index (χ3n) is 3.29. The Hall–Kier alpha value is -2.97. The fourth-order valence-corrected chi connectivity index (χ4v) is 2.11. The number of nitrogens with zero attached hydrogens (tertiary/aromatic N) is 1. The molecule has 0 bridgehead atoms. The summed E-state index contributed by atoms with van der Waals surface area (Å²) in [4.78, 5) is 17.9. The number of halogens is 5. The van der Waals surface area contributed by atoms with Crippen LogP contribution in [0.25, 0.3) is 10.9 Å². The molecule has 124 valence electrons. The molecule has 0 radical (unpaired) electrons. The van der Waals surface area contributed by atoms with Gasteiger partial charge in [0, 0.05) is 23.8 Å². The molecule has 0 unspecified atom stereocenters. The number of pyridine rings is 1. The lowest BCUT2D eigenvalue weighted by Crippen LogP contribution is -2.14. The third kappa shape index (κ3) is 2.92.